The Labute approximate surface area is 108 Å². The third kappa shape index (κ3) is 3.07. The number of nitrogens with two attached hydrogens (primary N) is 1. The van der Waals surface area contributed by atoms with E-state index in [-0.39, 0.29) is 0 Å². The normalized spacial score (nSPS) is 18.3. The van der Waals surface area contributed by atoms with Crippen LogP contribution in [0.1, 0.15) is 19.8 Å². The molecule has 1 saturated heterocycles. The second kappa shape index (κ2) is 5.48. The van der Waals surface area contributed by atoms with Crippen LogP contribution in [-0.2, 0) is 4.74 Å². The van der Waals surface area contributed by atoms with Gasteiger partial charge in [0.15, 0.2) is 0 Å². The molecule has 0 atom stereocenters. The van der Waals surface area contributed by atoms with E-state index in [0.29, 0.717) is 11.1 Å². The lowest BCUT2D eigenvalue weighted by atomic mass is 9.82. The van der Waals surface area contributed by atoms with Crippen LogP contribution in [0.2, 0.25) is 0 Å². The van der Waals surface area contributed by atoms with E-state index in [9.17, 15) is 0 Å². The van der Waals surface area contributed by atoms with E-state index in [1.54, 1.807) is 7.11 Å². The van der Waals surface area contributed by atoms with Crippen molar-refractivity contribution in [3.8, 4) is 5.75 Å². The number of hydrogen-bond acceptors (Lipinski definition) is 4. The third-order valence-electron chi connectivity index (χ3n) is 3.65. The summed E-state index contributed by atoms with van der Waals surface area (Å²) >= 11 is 0. The highest BCUT2D eigenvalue weighted by Crippen LogP contribution is 2.31. The molecule has 1 fully saturated rings. The standard InChI is InChI=1S/C14H22N2O2/c1-14(5-7-18-8-6-14)10-16-11-3-4-12(15)13(9-11)17-2/h3-4,9,16H,5-8,10,15H2,1-2H3. The lowest BCUT2D eigenvalue weighted by molar-refractivity contribution is 0.0300. The van der Waals surface area contributed by atoms with E-state index in [2.05, 4.69) is 12.2 Å². The van der Waals surface area contributed by atoms with E-state index >= 15 is 0 Å². The van der Waals surface area contributed by atoms with Crippen molar-refractivity contribution in [2.24, 2.45) is 5.41 Å². The molecule has 1 aliphatic rings. The molecule has 0 radical (unpaired) electrons. The number of nitrogens with one attached hydrogen (secondary N) is 1. The Bertz CT molecular complexity index is 401. The summed E-state index contributed by atoms with van der Waals surface area (Å²) in [5, 5.41) is 3.47. The van der Waals surface area contributed by atoms with Crippen molar-refractivity contribution in [3.63, 3.8) is 0 Å². The Balaban J connectivity index is 1.97. The Kier molecular flexibility index (Phi) is 3.97. The summed E-state index contributed by atoms with van der Waals surface area (Å²) in [5.41, 5.74) is 7.82. The van der Waals surface area contributed by atoms with Gasteiger partial charge in [0.05, 0.1) is 12.8 Å². The van der Waals surface area contributed by atoms with E-state index in [1.165, 1.54) is 0 Å². The highest BCUT2D eigenvalue weighted by atomic mass is 16.5. The van der Waals surface area contributed by atoms with Gasteiger partial charge < -0.3 is 20.5 Å². The molecule has 1 heterocycles. The van der Waals surface area contributed by atoms with Gasteiger partial charge in [-0.2, -0.15) is 0 Å². The minimum Gasteiger partial charge on any atom is -0.495 e. The molecule has 1 aliphatic heterocycles. The topological polar surface area (TPSA) is 56.5 Å². The first kappa shape index (κ1) is 13.0. The van der Waals surface area contributed by atoms with Gasteiger partial charge in [-0.3, -0.25) is 0 Å². The second-order valence-electron chi connectivity index (χ2n) is 5.23. The van der Waals surface area contributed by atoms with Crippen LogP contribution in [0.15, 0.2) is 18.2 Å². The number of nitrogen functional groups attached to an aromatic ring is 1. The lowest BCUT2D eigenvalue weighted by Gasteiger charge is -2.34. The molecule has 1 aromatic carbocycles. The molecule has 0 aliphatic carbocycles. The molecule has 0 saturated carbocycles. The monoisotopic (exact) mass is 250 g/mol. The number of ether oxygens (including phenoxy) is 2. The first-order valence-electron chi connectivity index (χ1n) is 6.38. The summed E-state index contributed by atoms with van der Waals surface area (Å²) in [4.78, 5) is 0. The zero-order valence-corrected chi connectivity index (χ0v) is 11.2. The molecule has 18 heavy (non-hydrogen) atoms. The smallest absolute Gasteiger partial charge is 0.143 e. The first-order chi connectivity index (χ1) is 8.63. The van der Waals surface area contributed by atoms with Crippen molar-refractivity contribution in [1.29, 1.82) is 0 Å². The molecular weight excluding hydrogens is 228 g/mol. The predicted octanol–water partition coefficient (Wildman–Crippen LogP) is 2.51. The van der Waals surface area contributed by atoms with E-state index in [0.717, 1.165) is 44.0 Å². The Morgan fingerprint density at radius 2 is 2.11 bits per heavy atom. The van der Waals surface area contributed by atoms with Crippen LogP contribution in [0, 0.1) is 5.41 Å². The number of rotatable bonds is 4. The van der Waals surface area contributed by atoms with Gasteiger partial charge in [0.25, 0.3) is 0 Å². The fourth-order valence-corrected chi connectivity index (χ4v) is 2.18. The van der Waals surface area contributed by atoms with Crippen molar-refractivity contribution < 1.29 is 9.47 Å². The minimum atomic E-state index is 0.312. The quantitative estimate of drug-likeness (QED) is 0.806. The molecule has 0 bridgehead atoms. The average molecular weight is 250 g/mol. The largest absolute Gasteiger partial charge is 0.495 e. The zero-order valence-electron chi connectivity index (χ0n) is 11.2. The van der Waals surface area contributed by atoms with E-state index < -0.39 is 0 Å². The number of methoxy groups -OCH3 is 1. The molecule has 0 amide bonds. The molecule has 100 valence electrons. The van der Waals surface area contributed by atoms with Gasteiger partial charge in [-0.25, -0.2) is 0 Å². The van der Waals surface area contributed by atoms with Gasteiger partial charge in [-0.1, -0.05) is 6.92 Å². The van der Waals surface area contributed by atoms with Crippen LogP contribution >= 0.6 is 0 Å². The zero-order chi connectivity index (χ0) is 13.0. The van der Waals surface area contributed by atoms with Crippen LogP contribution in [0.4, 0.5) is 11.4 Å². The fraction of sp³-hybridized carbons (Fsp3) is 0.571. The lowest BCUT2D eigenvalue weighted by Crippen LogP contribution is -2.33. The van der Waals surface area contributed by atoms with E-state index in [1.807, 2.05) is 18.2 Å². The van der Waals surface area contributed by atoms with Crippen LogP contribution in [0.5, 0.6) is 5.75 Å². The van der Waals surface area contributed by atoms with E-state index in [4.69, 9.17) is 15.2 Å². The molecule has 2 rings (SSSR count). The van der Waals surface area contributed by atoms with Crippen LogP contribution in [-0.4, -0.2) is 26.9 Å². The summed E-state index contributed by atoms with van der Waals surface area (Å²) in [7, 11) is 1.63. The van der Waals surface area contributed by atoms with Gasteiger partial charge in [0.2, 0.25) is 0 Å². The maximum absolute atomic E-state index is 5.80. The Morgan fingerprint density at radius 3 is 2.78 bits per heavy atom. The molecule has 0 aromatic heterocycles. The van der Waals surface area contributed by atoms with Crippen molar-refractivity contribution >= 4 is 11.4 Å². The SMILES string of the molecule is COc1cc(NCC2(C)CCOCC2)ccc1N. The van der Waals surface area contributed by atoms with Gasteiger partial charge in [0.1, 0.15) is 5.75 Å². The number of hydrogen-bond donors (Lipinski definition) is 2. The van der Waals surface area contributed by atoms with Crippen molar-refractivity contribution in [2.45, 2.75) is 19.8 Å². The maximum atomic E-state index is 5.80. The van der Waals surface area contributed by atoms with Crippen LogP contribution in [0.3, 0.4) is 0 Å². The van der Waals surface area contributed by atoms with Crippen LogP contribution in [0.25, 0.3) is 0 Å². The molecule has 0 spiro atoms. The minimum absolute atomic E-state index is 0.312. The highest BCUT2D eigenvalue weighted by Gasteiger charge is 2.26. The Hall–Kier alpha value is -1.42. The second-order valence-corrected chi connectivity index (χ2v) is 5.23. The summed E-state index contributed by atoms with van der Waals surface area (Å²) in [6.45, 7) is 4.98. The summed E-state index contributed by atoms with van der Waals surface area (Å²) in [6, 6.07) is 5.80. The fourth-order valence-electron chi connectivity index (χ4n) is 2.18. The van der Waals surface area contributed by atoms with Gasteiger partial charge in [-0.05, 0) is 30.4 Å². The Morgan fingerprint density at radius 1 is 1.39 bits per heavy atom. The van der Waals surface area contributed by atoms with Crippen molar-refractivity contribution in [3.05, 3.63) is 18.2 Å². The molecular formula is C14H22N2O2. The number of anilines is 2. The van der Waals surface area contributed by atoms with Crippen LogP contribution < -0.4 is 15.8 Å². The highest BCUT2D eigenvalue weighted by molar-refractivity contribution is 5.61. The predicted molar refractivity (Wildman–Crippen MR) is 74.1 cm³/mol. The molecule has 0 unspecified atom stereocenters. The average Bonchev–Trinajstić information content (AvgIpc) is 2.39. The molecule has 4 heteroatoms. The maximum Gasteiger partial charge on any atom is 0.143 e. The summed E-state index contributed by atoms with van der Waals surface area (Å²) in [5.74, 6) is 0.720. The first-order valence-corrected chi connectivity index (χ1v) is 6.38. The van der Waals surface area contributed by atoms with Crippen molar-refractivity contribution in [1.82, 2.24) is 0 Å². The third-order valence-corrected chi connectivity index (χ3v) is 3.65. The molecule has 1 aromatic rings. The summed E-state index contributed by atoms with van der Waals surface area (Å²) in [6.07, 6.45) is 2.21. The van der Waals surface area contributed by atoms with Gasteiger partial charge in [-0.15, -0.1) is 0 Å². The van der Waals surface area contributed by atoms with Gasteiger partial charge >= 0.3 is 0 Å². The summed E-state index contributed by atoms with van der Waals surface area (Å²) < 4.78 is 10.6. The molecule has 3 N–H and O–H groups in total. The molecule has 4 nitrogen and oxygen atoms in total. The van der Waals surface area contributed by atoms with Gasteiger partial charge in [0, 0.05) is 31.5 Å². The van der Waals surface area contributed by atoms with Crippen molar-refractivity contribution in [2.75, 3.05) is 37.9 Å². The number of benzene rings is 1.